The lowest BCUT2D eigenvalue weighted by Gasteiger charge is -2.45. The normalized spacial score (nSPS) is 45.3. The summed E-state index contributed by atoms with van der Waals surface area (Å²) < 4.78 is 25.1. The second kappa shape index (κ2) is 8.75. The summed E-state index contributed by atoms with van der Waals surface area (Å²) in [6.07, 6.45) is -14.5. The van der Waals surface area contributed by atoms with Crippen molar-refractivity contribution in [3.05, 3.63) is 0 Å². The highest BCUT2D eigenvalue weighted by molar-refractivity contribution is 5.75. The van der Waals surface area contributed by atoms with Crippen LogP contribution in [0.25, 0.3) is 0 Å². The number of hydrogen-bond acceptors (Lipinski definition) is 11. The van der Waals surface area contributed by atoms with Crippen molar-refractivity contribution in [2.45, 2.75) is 62.2 Å². The van der Waals surface area contributed by atoms with Crippen LogP contribution in [0.15, 0.2) is 0 Å². The third-order valence-electron chi connectivity index (χ3n) is 4.67. The average Bonchev–Trinajstić information content (AvgIpc) is 2.64. The Balaban J connectivity index is 2.23. The number of carbonyl (C=O) groups excluding carboxylic acids is 1. The second-order valence-electron chi connectivity index (χ2n) is 6.37. The molecule has 2 aliphatic heterocycles. The number of methoxy groups -OCH3 is 2. The lowest BCUT2D eigenvalue weighted by atomic mass is 9.90. The molecular formula is C15H24O12. The summed E-state index contributed by atoms with van der Waals surface area (Å²) in [5.74, 6) is -3.22. The second-order valence-corrected chi connectivity index (χ2v) is 6.37. The highest BCUT2D eigenvalue weighted by Crippen LogP contribution is 2.31. The zero-order valence-electron chi connectivity index (χ0n) is 14.9. The molecule has 0 aromatic heterocycles. The van der Waals surface area contributed by atoms with Crippen LogP contribution in [-0.4, -0.2) is 107 Å². The zero-order chi connectivity index (χ0) is 20.5. The Morgan fingerprint density at radius 3 is 1.93 bits per heavy atom. The first-order chi connectivity index (χ1) is 12.6. The molecule has 27 heavy (non-hydrogen) atoms. The molecule has 10 atom stereocenters. The topological polar surface area (TPSA) is 181 Å². The van der Waals surface area contributed by atoms with Crippen LogP contribution in [0.2, 0.25) is 0 Å². The Hall–Kier alpha value is -1.38. The fourth-order valence-electron chi connectivity index (χ4n) is 3.04. The van der Waals surface area contributed by atoms with Gasteiger partial charge in [0, 0.05) is 13.0 Å². The van der Waals surface area contributed by atoms with E-state index in [-0.39, 0.29) is 0 Å². The molecular weight excluding hydrogens is 372 g/mol. The minimum absolute atomic E-state index is 0.836. The maximum Gasteiger partial charge on any atom is 0.335 e. The van der Waals surface area contributed by atoms with E-state index < -0.39 is 73.2 Å². The Kier molecular flexibility index (Phi) is 7.10. The molecule has 0 aromatic carbocycles. The standard InChI is InChI=1S/C15H24O12/c1-4-5(16)7(18)15(25-9(4)13(22)23-2)26-10-6(17)8(19)14(24-3)27-11(10)12(20)21/h4-11,14-19H,1-3H3,(H,20,21). The molecule has 2 aliphatic rings. The molecule has 0 radical (unpaired) electrons. The summed E-state index contributed by atoms with van der Waals surface area (Å²) >= 11 is 0. The van der Waals surface area contributed by atoms with Crippen molar-refractivity contribution in [3.8, 4) is 0 Å². The van der Waals surface area contributed by atoms with E-state index in [1.807, 2.05) is 0 Å². The lowest BCUT2D eigenvalue weighted by molar-refractivity contribution is -0.344. The van der Waals surface area contributed by atoms with E-state index in [0.29, 0.717) is 0 Å². The molecule has 2 rings (SSSR count). The molecule has 2 fully saturated rings. The third kappa shape index (κ3) is 4.22. The molecule has 0 saturated carbocycles. The molecule has 12 nitrogen and oxygen atoms in total. The quantitative estimate of drug-likeness (QED) is 0.294. The van der Waals surface area contributed by atoms with Gasteiger partial charge in [0.15, 0.2) is 24.8 Å². The monoisotopic (exact) mass is 396 g/mol. The molecule has 156 valence electrons. The van der Waals surface area contributed by atoms with Crippen LogP contribution in [0.5, 0.6) is 0 Å². The first kappa shape index (κ1) is 21.9. The number of carboxylic acids is 1. The fourth-order valence-corrected chi connectivity index (χ4v) is 3.04. The van der Waals surface area contributed by atoms with E-state index in [1.165, 1.54) is 6.92 Å². The number of esters is 1. The van der Waals surface area contributed by atoms with Crippen molar-refractivity contribution in [2.24, 2.45) is 5.92 Å². The minimum atomic E-state index is -1.78. The van der Waals surface area contributed by atoms with Crippen LogP contribution in [0.3, 0.4) is 0 Å². The van der Waals surface area contributed by atoms with Gasteiger partial charge in [-0.15, -0.1) is 0 Å². The largest absolute Gasteiger partial charge is 0.479 e. The third-order valence-corrected chi connectivity index (χ3v) is 4.67. The number of carboxylic acid groups (broad SMARTS) is 1. The molecule has 2 saturated heterocycles. The van der Waals surface area contributed by atoms with E-state index in [0.717, 1.165) is 14.2 Å². The first-order valence-corrected chi connectivity index (χ1v) is 8.16. The van der Waals surface area contributed by atoms with Crippen LogP contribution in [-0.2, 0) is 33.3 Å². The van der Waals surface area contributed by atoms with Gasteiger partial charge in [-0.2, -0.15) is 0 Å². The molecule has 0 bridgehead atoms. The smallest absolute Gasteiger partial charge is 0.335 e. The van der Waals surface area contributed by atoms with Crippen molar-refractivity contribution in [1.29, 1.82) is 0 Å². The average molecular weight is 396 g/mol. The van der Waals surface area contributed by atoms with Gasteiger partial charge in [-0.1, -0.05) is 6.92 Å². The molecule has 2 heterocycles. The van der Waals surface area contributed by atoms with Gasteiger partial charge < -0.3 is 49.2 Å². The van der Waals surface area contributed by atoms with Crippen molar-refractivity contribution in [3.63, 3.8) is 0 Å². The number of aliphatic carboxylic acids is 1. The first-order valence-electron chi connectivity index (χ1n) is 8.16. The molecule has 0 aliphatic carbocycles. The van der Waals surface area contributed by atoms with Gasteiger partial charge in [-0.3, -0.25) is 0 Å². The van der Waals surface area contributed by atoms with Crippen LogP contribution >= 0.6 is 0 Å². The summed E-state index contributed by atoms with van der Waals surface area (Å²) in [6.45, 7) is 1.44. The summed E-state index contributed by atoms with van der Waals surface area (Å²) in [7, 11) is 2.25. The Labute approximate surface area is 154 Å². The molecule has 10 unspecified atom stereocenters. The number of hydrogen-bond donors (Lipinski definition) is 5. The molecule has 0 spiro atoms. The SMILES string of the molecule is COC(=O)C1OC(OC2C(C(=O)O)OC(OC)C(O)C2O)C(O)C(O)C1C. The minimum Gasteiger partial charge on any atom is -0.479 e. The van der Waals surface area contributed by atoms with Crippen LogP contribution in [0.1, 0.15) is 6.92 Å². The summed E-state index contributed by atoms with van der Waals surface area (Å²) in [6, 6.07) is 0. The van der Waals surface area contributed by atoms with Gasteiger partial charge in [-0.25, -0.2) is 9.59 Å². The highest BCUT2D eigenvalue weighted by atomic mass is 16.7. The van der Waals surface area contributed by atoms with E-state index in [4.69, 9.17) is 18.9 Å². The van der Waals surface area contributed by atoms with Gasteiger partial charge in [-0.05, 0) is 0 Å². The van der Waals surface area contributed by atoms with Crippen molar-refractivity contribution >= 4 is 11.9 Å². The van der Waals surface area contributed by atoms with E-state index in [1.54, 1.807) is 0 Å². The summed E-state index contributed by atoms with van der Waals surface area (Å²) in [4.78, 5) is 23.3. The Morgan fingerprint density at radius 1 is 0.852 bits per heavy atom. The van der Waals surface area contributed by atoms with Crippen molar-refractivity contribution in [1.82, 2.24) is 0 Å². The van der Waals surface area contributed by atoms with Crippen molar-refractivity contribution in [2.75, 3.05) is 14.2 Å². The van der Waals surface area contributed by atoms with E-state index >= 15 is 0 Å². The highest BCUT2D eigenvalue weighted by Gasteiger charge is 2.53. The number of aliphatic hydroxyl groups is 4. The number of aliphatic hydroxyl groups excluding tert-OH is 4. The molecule has 5 N–H and O–H groups in total. The predicted octanol–water partition coefficient (Wildman–Crippen LogP) is -3.19. The maximum atomic E-state index is 11.8. The molecule has 0 aromatic rings. The number of rotatable bonds is 5. The van der Waals surface area contributed by atoms with Gasteiger partial charge in [0.05, 0.1) is 13.2 Å². The zero-order valence-corrected chi connectivity index (χ0v) is 14.9. The lowest BCUT2D eigenvalue weighted by Crippen LogP contribution is -2.64. The number of ether oxygens (including phenoxy) is 5. The van der Waals surface area contributed by atoms with Gasteiger partial charge >= 0.3 is 11.9 Å². The molecule has 12 heteroatoms. The Morgan fingerprint density at radius 2 is 1.41 bits per heavy atom. The predicted molar refractivity (Wildman–Crippen MR) is 82.0 cm³/mol. The summed E-state index contributed by atoms with van der Waals surface area (Å²) in [5.41, 5.74) is 0. The maximum absolute atomic E-state index is 11.8. The van der Waals surface area contributed by atoms with Gasteiger partial charge in [0.1, 0.15) is 24.4 Å². The Bertz CT molecular complexity index is 541. The van der Waals surface area contributed by atoms with Gasteiger partial charge in [0.25, 0.3) is 0 Å². The molecule has 0 amide bonds. The van der Waals surface area contributed by atoms with E-state index in [2.05, 4.69) is 4.74 Å². The van der Waals surface area contributed by atoms with Crippen LogP contribution in [0, 0.1) is 5.92 Å². The van der Waals surface area contributed by atoms with Crippen LogP contribution in [0.4, 0.5) is 0 Å². The van der Waals surface area contributed by atoms with Crippen molar-refractivity contribution < 1.29 is 58.8 Å². The van der Waals surface area contributed by atoms with E-state index in [9.17, 15) is 35.1 Å². The fraction of sp³-hybridized carbons (Fsp3) is 0.867. The van der Waals surface area contributed by atoms with Gasteiger partial charge in [0.2, 0.25) is 0 Å². The van der Waals surface area contributed by atoms with Crippen LogP contribution < -0.4 is 0 Å². The number of carbonyl (C=O) groups is 2. The summed E-state index contributed by atoms with van der Waals surface area (Å²) in [5, 5.41) is 49.8.